The van der Waals surface area contributed by atoms with Crippen LogP contribution in [0.15, 0.2) is 0 Å². The number of hydrogen-bond acceptors (Lipinski definition) is 9. The number of rotatable bonds is 14. The minimum Gasteiger partial charge on any atom is -0.481 e. The quantitative estimate of drug-likeness (QED) is 0.125. The van der Waals surface area contributed by atoms with Gasteiger partial charge in [-0.2, -0.15) is 24.4 Å². The maximum Gasteiger partial charge on any atom is 0.327 e. The maximum absolute atomic E-state index is 12.6. The van der Waals surface area contributed by atoms with E-state index in [1.165, 1.54) is 18.7 Å². The van der Waals surface area contributed by atoms with Gasteiger partial charge in [0.2, 0.25) is 17.7 Å². The molecule has 14 heteroatoms. The summed E-state index contributed by atoms with van der Waals surface area (Å²) in [6.07, 6.45) is -0.111. The molecule has 0 aromatic rings. The van der Waals surface area contributed by atoms with Gasteiger partial charge in [-0.1, -0.05) is 0 Å². The molecule has 0 rings (SSSR count). The Hall–Kier alpha value is -2.03. The van der Waals surface area contributed by atoms with Gasteiger partial charge in [0.25, 0.3) is 0 Å². The number of carbonyl (C=O) groups excluding carboxylic acids is 3. The van der Waals surface area contributed by atoms with E-state index in [-0.39, 0.29) is 12.2 Å². The summed E-state index contributed by atoms with van der Waals surface area (Å²) in [6, 6.07) is -5.37. The fraction of sp³-hybridized carbons (Fsp3) is 0.688. The lowest BCUT2D eigenvalue weighted by atomic mass is 10.1. The molecule has 5 unspecified atom stereocenters. The minimum atomic E-state index is -1.50. The molecule has 0 aliphatic rings. The van der Waals surface area contributed by atoms with Gasteiger partial charge in [-0.05, 0) is 25.4 Å². The number of nitrogens with one attached hydrogen (secondary N) is 3. The summed E-state index contributed by atoms with van der Waals surface area (Å²) in [7, 11) is 0. The lowest BCUT2D eigenvalue weighted by molar-refractivity contribution is -0.142. The Kier molecular flexibility index (Phi) is 13.1. The van der Waals surface area contributed by atoms with Crippen LogP contribution in [0.1, 0.15) is 19.8 Å². The molecule has 12 nitrogen and oxygen atoms in total. The van der Waals surface area contributed by atoms with Crippen LogP contribution in [0.2, 0.25) is 0 Å². The van der Waals surface area contributed by atoms with E-state index in [4.69, 9.17) is 15.9 Å². The molecule has 0 heterocycles. The number of thioether (sulfide) groups is 1. The van der Waals surface area contributed by atoms with Gasteiger partial charge in [0, 0.05) is 5.75 Å². The zero-order valence-corrected chi connectivity index (χ0v) is 18.2. The van der Waals surface area contributed by atoms with E-state index in [0.717, 1.165) is 0 Å². The second-order valence-electron chi connectivity index (χ2n) is 6.36. The summed E-state index contributed by atoms with van der Waals surface area (Å²) in [6.45, 7) is 1.22. The summed E-state index contributed by atoms with van der Waals surface area (Å²) in [5, 5.41) is 34.4. The van der Waals surface area contributed by atoms with Crippen LogP contribution in [0.3, 0.4) is 0 Å². The van der Waals surface area contributed by atoms with E-state index in [2.05, 4.69) is 28.6 Å². The summed E-state index contributed by atoms with van der Waals surface area (Å²) in [4.78, 5) is 58.8. The van der Waals surface area contributed by atoms with Crippen molar-refractivity contribution in [2.45, 2.75) is 50.0 Å². The van der Waals surface area contributed by atoms with Crippen molar-refractivity contribution < 1.29 is 39.3 Å². The third kappa shape index (κ3) is 10.1. The van der Waals surface area contributed by atoms with Gasteiger partial charge in [0.05, 0.1) is 18.6 Å². The van der Waals surface area contributed by atoms with Gasteiger partial charge in [-0.15, -0.1) is 0 Å². The molecule has 3 amide bonds. The molecule has 0 aromatic carbocycles. The van der Waals surface area contributed by atoms with E-state index < -0.39 is 66.4 Å². The van der Waals surface area contributed by atoms with Gasteiger partial charge >= 0.3 is 11.9 Å². The van der Waals surface area contributed by atoms with E-state index in [9.17, 15) is 29.1 Å². The number of hydrogen-bond donors (Lipinski definition) is 8. The van der Waals surface area contributed by atoms with E-state index >= 15 is 0 Å². The van der Waals surface area contributed by atoms with Gasteiger partial charge in [-0.25, -0.2) is 4.79 Å². The standard InChI is InChI=1S/C16H28N4O8S2/c1-7(21)12(15(26)19-10(6-29)16(27)28)20-14(25)9(3-4-30-2)18-13(24)8(17)5-11(22)23/h7-10,12,21,29H,3-6,17H2,1-2H3,(H,18,24)(H,19,26)(H,20,25)(H,22,23)(H,27,28). The highest BCUT2D eigenvalue weighted by atomic mass is 32.2. The van der Waals surface area contributed by atoms with Crippen LogP contribution in [0.4, 0.5) is 0 Å². The van der Waals surface area contributed by atoms with Crippen molar-refractivity contribution in [2.24, 2.45) is 5.73 Å². The molecular weight excluding hydrogens is 440 g/mol. The first-order valence-electron chi connectivity index (χ1n) is 8.83. The zero-order valence-electron chi connectivity index (χ0n) is 16.5. The van der Waals surface area contributed by atoms with Gasteiger partial charge in [0.1, 0.15) is 18.1 Å². The first-order chi connectivity index (χ1) is 13.9. The Balaban J connectivity index is 5.30. The summed E-state index contributed by atoms with van der Waals surface area (Å²) in [5.74, 6) is -5.03. The SMILES string of the molecule is CSCCC(NC(=O)C(N)CC(=O)O)C(=O)NC(C(=O)NC(CS)C(=O)O)C(C)O. The molecule has 0 fully saturated rings. The molecule has 0 aromatic heterocycles. The highest BCUT2D eigenvalue weighted by Gasteiger charge is 2.32. The zero-order chi connectivity index (χ0) is 23.4. The molecule has 0 saturated carbocycles. The number of carboxylic acid groups (broad SMARTS) is 2. The van der Waals surface area contributed by atoms with Gasteiger partial charge < -0.3 is 37.0 Å². The van der Waals surface area contributed by atoms with Crippen molar-refractivity contribution in [1.82, 2.24) is 16.0 Å². The van der Waals surface area contributed by atoms with Crippen molar-refractivity contribution in [3.05, 3.63) is 0 Å². The Labute approximate surface area is 183 Å². The Bertz CT molecular complexity index is 634. The molecule has 0 bridgehead atoms. The molecule has 0 aliphatic heterocycles. The van der Waals surface area contributed by atoms with Crippen molar-refractivity contribution in [1.29, 1.82) is 0 Å². The number of aliphatic hydroxyl groups excluding tert-OH is 1. The number of carboxylic acids is 2. The maximum atomic E-state index is 12.6. The number of carbonyl (C=O) groups is 5. The highest BCUT2D eigenvalue weighted by Crippen LogP contribution is 2.04. The third-order valence-corrected chi connectivity index (χ3v) is 4.84. The van der Waals surface area contributed by atoms with Crippen molar-refractivity contribution in [3.63, 3.8) is 0 Å². The predicted octanol–water partition coefficient (Wildman–Crippen LogP) is -2.61. The van der Waals surface area contributed by atoms with Crippen LogP contribution < -0.4 is 21.7 Å². The van der Waals surface area contributed by atoms with Gasteiger partial charge in [-0.3, -0.25) is 19.2 Å². The van der Waals surface area contributed by atoms with Crippen LogP contribution in [0.5, 0.6) is 0 Å². The van der Waals surface area contributed by atoms with Crippen LogP contribution in [-0.2, 0) is 24.0 Å². The average molecular weight is 469 g/mol. The molecule has 0 saturated heterocycles. The summed E-state index contributed by atoms with van der Waals surface area (Å²) >= 11 is 5.20. The molecule has 8 N–H and O–H groups in total. The topological polar surface area (TPSA) is 208 Å². The largest absolute Gasteiger partial charge is 0.481 e. The van der Waals surface area contributed by atoms with Crippen molar-refractivity contribution in [3.8, 4) is 0 Å². The highest BCUT2D eigenvalue weighted by molar-refractivity contribution is 7.98. The van der Waals surface area contributed by atoms with Crippen LogP contribution >= 0.6 is 24.4 Å². The summed E-state index contributed by atoms with van der Waals surface area (Å²) in [5.41, 5.74) is 5.49. The fourth-order valence-electron chi connectivity index (χ4n) is 2.17. The minimum absolute atomic E-state index is 0.140. The molecule has 0 radical (unpaired) electrons. The average Bonchev–Trinajstić information content (AvgIpc) is 2.65. The number of aliphatic hydroxyl groups is 1. The lowest BCUT2D eigenvalue weighted by Gasteiger charge is -2.26. The Morgan fingerprint density at radius 2 is 1.57 bits per heavy atom. The molecule has 30 heavy (non-hydrogen) atoms. The molecular formula is C16H28N4O8S2. The van der Waals surface area contributed by atoms with E-state index in [1.54, 1.807) is 6.26 Å². The second-order valence-corrected chi connectivity index (χ2v) is 7.71. The Morgan fingerprint density at radius 3 is 2.00 bits per heavy atom. The smallest absolute Gasteiger partial charge is 0.327 e. The second kappa shape index (κ2) is 14.1. The fourth-order valence-corrected chi connectivity index (χ4v) is 2.89. The number of aliphatic carboxylic acids is 2. The van der Waals surface area contributed by atoms with Crippen LogP contribution in [0.25, 0.3) is 0 Å². The van der Waals surface area contributed by atoms with E-state index in [0.29, 0.717) is 5.75 Å². The van der Waals surface area contributed by atoms with Crippen molar-refractivity contribution in [2.75, 3.05) is 17.8 Å². The monoisotopic (exact) mass is 468 g/mol. The third-order valence-electron chi connectivity index (χ3n) is 3.83. The van der Waals surface area contributed by atoms with Crippen LogP contribution in [0, 0.1) is 0 Å². The van der Waals surface area contributed by atoms with Crippen molar-refractivity contribution >= 4 is 54.1 Å². The normalized spacial score (nSPS) is 15.8. The number of amides is 3. The first kappa shape index (κ1) is 28.0. The molecule has 0 aliphatic carbocycles. The Morgan fingerprint density at radius 1 is 1.00 bits per heavy atom. The molecule has 172 valence electrons. The summed E-state index contributed by atoms with van der Waals surface area (Å²) < 4.78 is 0. The predicted molar refractivity (Wildman–Crippen MR) is 112 cm³/mol. The number of thiol groups is 1. The number of nitrogens with two attached hydrogens (primary N) is 1. The first-order valence-corrected chi connectivity index (χ1v) is 10.9. The molecule has 5 atom stereocenters. The lowest BCUT2D eigenvalue weighted by Crippen LogP contribution is -2.60. The van der Waals surface area contributed by atoms with Crippen LogP contribution in [-0.4, -0.2) is 93.0 Å². The molecule has 0 spiro atoms. The van der Waals surface area contributed by atoms with E-state index in [1.807, 2.05) is 0 Å². The van der Waals surface area contributed by atoms with Gasteiger partial charge in [0.15, 0.2) is 0 Å².